The van der Waals surface area contributed by atoms with Crippen molar-refractivity contribution in [1.29, 1.82) is 0 Å². The number of anilines is 1. The zero-order valence-corrected chi connectivity index (χ0v) is 19.9. The summed E-state index contributed by atoms with van der Waals surface area (Å²) in [6.07, 6.45) is 1.34. The SMILES string of the molecule is Cc1cccc(NC(=O)[C@@H](CC(C)C)N2C(=O)[C@@H]3[C@@H]4C[C@H]([C@H](Br)[C@@H]4Br)[C@@H]3C2=O)c1. The van der Waals surface area contributed by atoms with Gasteiger partial charge in [-0.15, -0.1) is 0 Å². The molecule has 1 aliphatic heterocycles. The van der Waals surface area contributed by atoms with Gasteiger partial charge >= 0.3 is 0 Å². The molecule has 5 nitrogen and oxygen atoms in total. The Hall–Kier alpha value is -1.21. The number of nitrogens with zero attached hydrogens (tertiary/aromatic N) is 1. The Kier molecular flexibility index (Phi) is 5.66. The Balaban J connectivity index is 1.61. The van der Waals surface area contributed by atoms with E-state index in [-0.39, 0.29) is 57.0 Å². The van der Waals surface area contributed by atoms with Crippen molar-refractivity contribution in [2.45, 2.75) is 49.3 Å². The summed E-state index contributed by atoms with van der Waals surface area (Å²) in [5.41, 5.74) is 1.72. The van der Waals surface area contributed by atoms with Gasteiger partial charge in [0.15, 0.2) is 0 Å². The van der Waals surface area contributed by atoms with Gasteiger partial charge in [-0.05, 0) is 55.2 Å². The van der Waals surface area contributed by atoms with Crippen LogP contribution in [0.1, 0.15) is 32.3 Å². The monoisotopic (exact) mass is 524 g/mol. The third-order valence-electron chi connectivity index (χ3n) is 6.62. The second-order valence-corrected chi connectivity index (χ2v) is 11.2. The minimum Gasteiger partial charge on any atom is -0.324 e. The molecule has 3 amide bonds. The van der Waals surface area contributed by atoms with Crippen LogP contribution in [0.25, 0.3) is 0 Å². The number of benzene rings is 1. The molecule has 1 aromatic rings. The molecule has 7 heteroatoms. The summed E-state index contributed by atoms with van der Waals surface area (Å²) in [5, 5.41) is 2.92. The van der Waals surface area contributed by atoms with Gasteiger partial charge in [0.25, 0.3) is 0 Å². The van der Waals surface area contributed by atoms with Gasteiger partial charge in [-0.25, -0.2) is 0 Å². The van der Waals surface area contributed by atoms with Gasteiger partial charge in [-0.1, -0.05) is 57.8 Å². The molecule has 0 spiro atoms. The number of carbonyl (C=O) groups excluding carboxylic acids is 3. The summed E-state index contributed by atoms with van der Waals surface area (Å²) in [5.74, 6) is -0.745. The molecule has 0 radical (unpaired) electrons. The van der Waals surface area contributed by atoms with Gasteiger partial charge in [0.05, 0.1) is 11.8 Å². The molecule has 1 saturated heterocycles. The minimum atomic E-state index is -0.775. The first kappa shape index (κ1) is 21.0. The maximum Gasteiger partial charge on any atom is 0.247 e. The maximum absolute atomic E-state index is 13.4. The number of amides is 3. The highest BCUT2D eigenvalue weighted by Crippen LogP contribution is 2.60. The number of alkyl halides is 2. The number of fused-ring (bicyclic) bond motifs is 5. The van der Waals surface area contributed by atoms with Gasteiger partial charge in [0, 0.05) is 15.3 Å². The first-order chi connectivity index (χ1) is 13.7. The maximum atomic E-state index is 13.4. The quantitative estimate of drug-likeness (QED) is 0.464. The van der Waals surface area contributed by atoms with E-state index in [9.17, 15) is 14.4 Å². The number of likely N-dealkylation sites (tertiary alicyclic amines) is 1. The van der Waals surface area contributed by atoms with Crippen molar-refractivity contribution in [3.63, 3.8) is 0 Å². The highest BCUT2D eigenvalue weighted by Gasteiger charge is 2.67. The van der Waals surface area contributed by atoms with E-state index in [1.54, 1.807) is 0 Å². The van der Waals surface area contributed by atoms with E-state index < -0.39 is 6.04 Å². The fourth-order valence-corrected chi connectivity index (χ4v) is 7.28. The Morgan fingerprint density at radius 2 is 1.72 bits per heavy atom. The summed E-state index contributed by atoms with van der Waals surface area (Å²) >= 11 is 7.43. The van der Waals surface area contributed by atoms with Crippen LogP contribution in [0.15, 0.2) is 24.3 Å². The van der Waals surface area contributed by atoms with E-state index in [2.05, 4.69) is 37.2 Å². The summed E-state index contributed by atoms with van der Waals surface area (Å²) in [7, 11) is 0. The van der Waals surface area contributed by atoms with Crippen LogP contribution in [0.5, 0.6) is 0 Å². The van der Waals surface area contributed by atoms with Crippen LogP contribution in [0.2, 0.25) is 0 Å². The molecule has 1 N–H and O–H groups in total. The zero-order chi connectivity index (χ0) is 21.0. The number of hydrogen-bond donors (Lipinski definition) is 1. The predicted molar refractivity (Wildman–Crippen MR) is 119 cm³/mol. The standard InChI is InChI=1S/C22H26Br2N2O3/c1-10(2)7-15(20(27)25-12-6-4-5-11(3)8-12)26-21(28)16-13-9-14(17(16)22(26)29)19(24)18(13)23/h4-6,8,10,13-19H,7,9H2,1-3H3,(H,25,27)/t13-,14-,15+,16-,17+,18-,19+/m0/s1. The lowest BCUT2D eigenvalue weighted by Crippen LogP contribution is -2.49. The molecule has 4 rings (SSSR count). The Bertz CT molecular complexity index is 826. The van der Waals surface area contributed by atoms with Gasteiger partial charge in [0.1, 0.15) is 6.04 Å². The van der Waals surface area contributed by atoms with Crippen LogP contribution in [0.4, 0.5) is 5.69 Å². The smallest absolute Gasteiger partial charge is 0.247 e. The number of halogens is 2. The van der Waals surface area contributed by atoms with E-state index in [4.69, 9.17) is 0 Å². The number of nitrogens with one attached hydrogen (secondary N) is 1. The zero-order valence-electron chi connectivity index (χ0n) is 16.8. The van der Waals surface area contributed by atoms with Gasteiger partial charge in [0.2, 0.25) is 17.7 Å². The number of aryl methyl sites for hydroxylation is 1. The molecule has 2 saturated carbocycles. The second-order valence-electron chi connectivity index (χ2n) is 9.05. The van der Waals surface area contributed by atoms with Crippen molar-refractivity contribution >= 4 is 55.3 Å². The van der Waals surface area contributed by atoms with E-state index in [0.29, 0.717) is 12.1 Å². The van der Waals surface area contributed by atoms with Crippen LogP contribution >= 0.6 is 31.9 Å². The molecule has 0 unspecified atom stereocenters. The molecule has 29 heavy (non-hydrogen) atoms. The minimum absolute atomic E-state index is 0.148. The lowest BCUT2D eigenvalue weighted by Gasteiger charge is -2.28. The number of imide groups is 1. The topological polar surface area (TPSA) is 66.5 Å². The Morgan fingerprint density at radius 3 is 2.24 bits per heavy atom. The summed E-state index contributed by atoms with van der Waals surface area (Å²) in [6.45, 7) is 5.97. The molecule has 1 heterocycles. The summed E-state index contributed by atoms with van der Waals surface area (Å²) in [6, 6.07) is 6.77. The van der Waals surface area contributed by atoms with Crippen molar-refractivity contribution in [3.8, 4) is 0 Å². The van der Waals surface area contributed by atoms with Crippen molar-refractivity contribution in [3.05, 3.63) is 29.8 Å². The number of carbonyl (C=O) groups is 3. The van der Waals surface area contributed by atoms with Gasteiger partial charge in [-0.2, -0.15) is 0 Å². The van der Waals surface area contributed by atoms with Crippen molar-refractivity contribution in [2.24, 2.45) is 29.6 Å². The molecule has 3 aliphatic rings. The molecule has 156 valence electrons. The third kappa shape index (κ3) is 3.48. The van der Waals surface area contributed by atoms with Crippen molar-refractivity contribution in [2.75, 3.05) is 5.32 Å². The molecule has 7 atom stereocenters. The lowest BCUT2D eigenvalue weighted by molar-refractivity contribution is -0.147. The third-order valence-corrected chi connectivity index (χ3v) is 9.82. The van der Waals surface area contributed by atoms with Gasteiger partial charge < -0.3 is 5.32 Å². The molecule has 3 fully saturated rings. The fourth-order valence-electron chi connectivity index (χ4n) is 5.40. The Labute approximate surface area is 188 Å². The normalized spacial score (nSPS) is 34.1. The van der Waals surface area contributed by atoms with Crippen molar-refractivity contribution in [1.82, 2.24) is 4.90 Å². The Morgan fingerprint density at radius 1 is 1.14 bits per heavy atom. The van der Waals surface area contributed by atoms with Crippen LogP contribution in [0, 0.1) is 36.5 Å². The average Bonchev–Trinajstić information content (AvgIpc) is 3.25. The molecule has 0 aromatic heterocycles. The molecule has 2 bridgehead atoms. The largest absolute Gasteiger partial charge is 0.324 e. The van der Waals surface area contributed by atoms with E-state index in [1.165, 1.54) is 4.90 Å². The lowest BCUT2D eigenvalue weighted by atomic mass is 9.81. The van der Waals surface area contributed by atoms with E-state index >= 15 is 0 Å². The first-order valence-electron chi connectivity index (χ1n) is 10.2. The molecular weight excluding hydrogens is 500 g/mol. The molecular formula is C22H26Br2N2O3. The molecule has 1 aromatic carbocycles. The number of hydrogen-bond acceptors (Lipinski definition) is 3. The second kappa shape index (κ2) is 7.80. The van der Waals surface area contributed by atoms with E-state index in [0.717, 1.165) is 12.0 Å². The molecule has 2 aliphatic carbocycles. The van der Waals surface area contributed by atoms with Crippen LogP contribution in [0.3, 0.4) is 0 Å². The summed E-state index contributed by atoms with van der Waals surface area (Å²) in [4.78, 5) is 41.6. The first-order valence-corrected chi connectivity index (χ1v) is 12.1. The predicted octanol–water partition coefficient (Wildman–Crippen LogP) is 4.13. The van der Waals surface area contributed by atoms with E-state index in [1.807, 2.05) is 45.0 Å². The van der Waals surface area contributed by atoms with Crippen LogP contribution in [-0.2, 0) is 14.4 Å². The fraction of sp³-hybridized carbons (Fsp3) is 0.591. The average molecular weight is 526 g/mol. The van der Waals surface area contributed by atoms with Crippen LogP contribution in [-0.4, -0.2) is 38.3 Å². The van der Waals surface area contributed by atoms with Crippen molar-refractivity contribution < 1.29 is 14.4 Å². The van der Waals surface area contributed by atoms with Gasteiger partial charge in [-0.3, -0.25) is 19.3 Å². The number of rotatable bonds is 5. The highest BCUT2D eigenvalue weighted by molar-refractivity contribution is 9.12. The summed E-state index contributed by atoms with van der Waals surface area (Å²) < 4.78 is 0. The highest BCUT2D eigenvalue weighted by atomic mass is 79.9. The van der Waals surface area contributed by atoms with Crippen LogP contribution < -0.4 is 5.32 Å².